The van der Waals surface area contributed by atoms with Crippen LogP contribution in [0, 0.1) is 23.7 Å². The van der Waals surface area contributed by atoms with E-state index in [1.807, 2.05) is 24.3 Å². The normalized spacial score (nSPS) is 34.9. The van der Waals surface area contributed by atoms with Crippen molar-refractivity contribution in [3.05, 3.63) is 58.7 Å². The Hall–Kier alpha value is -2.86. The lowest BCUT2D eigenvalue weighted by atomic mass is 9.56. The number of hydrogen-bond donors (Lipinski definition) is 2. The maximum atomic E-state index is 13.2. The molecule has 52 heavy (non-hydrogen) atoms. The third-order valence-corrected chi connectivity index (χ3v) is 14.5. The van der Waals surface area contributed by atoms with Crippen LogP contribution in [0.1, 0.15) is 73.6 Å². The fourth-order valence-electron chi connectivity index (χ4n) is 11.5. The smallest absolute Gasteiger partial charge is 0.343 e. The summed E-state index contributed by atoms with van der Waals surface area (Å²) in [6, 6.07) is 12.4. The van der Waals surface area contributed by atoms with E-state index >= 15 is 0 Å². The molecule has 4 saturated heterocycles. The highest BCUT2D eigenvalue weighted by Gasteiger charge is 2.56. The van der Waals surface area contributed by atoms with E-state index in [-0.39, 0.29) is 10.8 Å². The number of hydrogen-bond acceptors (Lipinski definition) is 10. The van der Waals surface area contributed by atoms with Crippen molar-refractivity contribution in [1.29, 1.82) is 0 Å². The monoisotopic (exact) mass is 712 g/mol. The second-order valence-corrected chi connectivity index (χ2v) is 17.5. The Morgan fingerprint density at radius 3 is 1.56 bits per heavy atom. The third kappa shape index (κ3) is 5.66. The summed E-state index contributed by atoms with van der Waals surface area (Å²) < 4.78 is 23.5. The van der Waals surface area contributed by atoms with Gasteiger partial charge in [0.2, 0.25) is 0 Å². The molecule has 8 atom stereocenters. The minimum Gasteiger partial charge on any atom is -0.425 e. The zero-order valence-corrected chi connectivity index (χ0v) is 30.0. The summed E-state index contributed by atoms with van der Waals surface area (Å²) in [5.74, 6) is 1.04. The zero-order chi connectivity index (χ0) is 35.2. The van der Waals surface area contributed by atoms with Crippen molar-refractivity contribution in [2.75, 3.05) is 52.6 Å². The van der Waals surface area contributed by atoms with Crippen molar-refractivity contribution in [2.24, 2.45) is 23.7 Å². The van der Waals surface area contributed by atoms with Crippen LogP contribution in [0.5, 0.6) is 11.5 Å². The van der Waals surface area contributed by atoms with Crippen molar-refractivity contribution >= 4 is 11.9 Å². The largest absolute Gasteiger partial charge is 0.425 e. The molecule has 4 bridgehead atoms. The summed E-state index contributed by atoms with van der Waals surface area (Å²) in [4.78, 5) is 31.8. The number of likely N-dealkylation sites (tertiary alicyclic amines) is 2. The van der Waals surface area contributed by atoms with E-state index in [4.69, 9.17) is 18.9 Å². The van der Waals surface area contributed by atoms with Gasteiger partial charge in [-0.15, -0.1) is 0 Å². The highest BCUT2D eigenvalue weighted by atomic mass is 16.6. The van der Waals surface area contributed by atoms with E-state index in [0.717, 1.165) is 87.8 Å². The average Bonchev–Trinajstić information content (AvgIpc) is 4.11. The molecule has 10 rings (SSSR count). The number of benzene rings is 2. The molecular formula is C42H52N2O8. The molecule has 2 aromatic carbocycles. The van der Waals surface area contributed by atoms with E-state index in [0.29, 0.717) is 48.6 Å². The quantitative estimate of drug-likeness (QED) is 0.296. The van der Waals surface area contributed by atoms with Gasteiger partial charge in [0.25, 0.3) is 0 Å². The van der Waals surface area contributed by atoms with Crippen LogP contribution in [0.3, 0.4) is 0 Å². The standard InChI is InChI=1S/C42H52N2O8/c45-37(39(47)51-29-7-5-27-17-35-31-9-15-49-23-41(31,33(27)19-29)11-13-43(35)21-25-1-2-25)38(46)40(48)52-30-8-6-28-18-36-32-10-16-50-24-42(32,34(28)20-30)12-14-44(36)22-26-3-4-26/h5-8,19-20,25-26,31-32,35-38,45-46H,1-4,9-18,21-24H2/t31-,32-,35+,36+,37?,38?,41-,42-/m0/s1. The lowest BCUT2D eigenvalue weighted by Crippen LogP contribution is -2.63. The van der Waals surface area contributed by atoms with Gasteiger partial charge in [-0.2, -0.15) is 0 Å². The number of rotatable bonds is 9. The Balaban J connectivity index is 0.825. The minimum absolute atomic E-state index is 0.131. The second-order valence-electron chi connectivity index (χ2n) is 17.5. The lowest BCUT2D eigenvalue weighted by molar-refractivity contribution is -0.162. The molecule has 4 aliphatic heterocycles. The molecule has 8 aliphatic rings. The Bertz CT molecular complexity index is 1620. The second kappa shape index (κ2) is 12.9. The predicted octanol–water partition coefficient (Wildman–Crippen LogP) is 3.55. The van der Waals surface area contributed by atoms with Gasteiger partial charge in [0.15, 0.2) is 12.2 Å². The molecular weight excluding hydrogens is 660 g/mol. The van der Waals surface area contributed by atoms with Gasteiger partial charge < -0.3 is 29.2 Å². The van der Waals surface area contributed by atoms with Gasteiger partial charge in [-0.05, 0) is 147 Å². The van der Waals surface area contributed by atoms with Crippen LogP contribution in [0.25, 0.3) is 0 Å². The molecule has 0 spiro atoms. The van der Waals surface area contributed by atoms with Gasteiger partial charge in [0.05, 0.1) is 13.2 Å². The Morgan fingerprint density at radius 1 is 0.692 bits per heavy atom. The SMILES string of the molecule is O=C(Oc1ccc2c(c1)[C@]13CCN(CC4CC4)[C@H](C2)[C@@H]1CCOC3)C(O)C(O)C(=O)Oc1ccc2c(c1)[C@]13CCN(CC4CC4)[C@H](C2)[C@@H]1CCOC3. The van der Waals surface area contributed by atoms with E-state index in [1.165, 1.54) is 49.9 Å². The number of esters is 2. The van der Waals surface area contributed by atoms with Crippen molar-refractivity contribution in [3.8, 4) is 11.5 Å². The zero-order valence-electron chi connectivity index (χ0n) is 30.0. The molecule has 2 N–H and O–H groups in total. The van der Waals surface area contributed by atoms with Crippen LogP contribution >= 0.6 is 0 Å². The molecule has 0 aromatic heterocycles. The number of fused-ring (bicyclic) bond motifs is 2. The number of carbonyl (C=O) groups excluding carboxylic acids is 2. The summed E-state index contributed by atoms with van der Waals surface area (Å²) in [5.41, 5.74) is 4.58. The molecule has 4 heterocycles. The first kappa shape index (κ1) is 33.7. The van der Waals surface area contributed by atoms with Gasteiger partial charge in [0, 0.05) is 49.2 Å². The first-order valence-electron chi connectivity index (χ1n) is 20.0. The van der Waals surface area contributed by atoms with Crippen LogP contribution in [-0.4, -0.2) is 109 Å². The Labute approximate surface area is 305 Å². The molecule has 0 radical (unpaired) electrons. The van der Waals surface area contributed by atoms with E-state index < -0.39 is 24.1 Å². The molecule has 2 unspecified atom stereocenters. The summed E-state index contributed by atoms with van der Waals surface area (Å²) in [7, 11) is 0. The van der Waals surface area contributed by atoms with Gasteiger partial charge in [-0.25, -0.2) is 9.59 Å². The van der Waals surface area contributed by atoms with Gasteiger partial charge in [-0.1, -0.05) is 12.1 Å². The maximum absolute atomic E-state index is 13.2. The molecule has 0 amide bonds. The van der Waals surface area contributed by atoms with Gasteiger partial charge in [-0.3, -0.25) is 9.80 Å². The lowest BCUT2D eigenvalue weighted by Gasteiger charge is -2.58. The van der Waals surface area contributed by atoms with Crippen molar-refractivity contribution < 1.29 is 38.7 Å². The van der Waals surface area contributed by atoms with Gasteiger partial charge in [0.1, 0.15) is 11.5 Å². The van der Waals surface area contributed by atoms with E-state index in [1.54, 1.807) is 12.1 Å². The molecule has 4 aliphatic carbocycles. The van der Waals surface area contributed by atoms with E-state index in [9.17, 15) is 19.8 Å². The summed E-state index contributed by atoms with van der Waals surface area (Å²) >= 11 is 0. The number of nitrogens with zero attached hydrogens (tertiary/aromatic N) is 2. The number of aliphatic hydroxyl groups is 2. The maximum Gasteiger partial charge on any atom is 0.343 e. The highest BCUT2D eigenvalue weighted by molar-refractivity contribution is 5.87. The van der Waals surface area contributed by atoms with Crippen LogP contribution in [0.4, 0.5) is 0 Å². The van der Waals surface area contributed by atoms with E-state index in [2.05, 4.69) is 9.80 Å². The summed E-state index contributed by atoms with van der Waals surface area (Å²) in [5, 5.41) is 21.7. The highest BCUT2D eigenvalue weighted by Crippen LogP contribution is 2.55. The minimum atomic E-state index is -2.11. The number of ether oxygens (including phenoxy) is 4. The average molecular weight is 713 g/mol. The Kier molecular flexibility index (Phi) is 8.34. The molecule has 2 aromatic rings. The van der Waals surface area contributed by atoms with Crippen molar-refractivity contribution in [1.82, 2.24) is 9.80 Å². The summed E-state index contributed by atoms with van der Waals surface area (Å²) in [6.07, 6.45) is 7.12. The molecule has 10 nitrogen and oxygen atoms in total. The third-order valence-electron chi connectivity index (χ3n) is 14.5. The Morgan fingerprint density at radius 2 is 1.13 bits per heavy atom. The first-order chi connectivity index (χ1) is 25.3. The van der Waals surface area contributed by atoms with Gasteiger partial charge >= 0.3 is 11.9 Å². The summed E-state index contributed by atoms with van der Waals surface area (Å²) in [6.45, 7) is 7.30. The topological polar surface area (TPSA) is 118 Å². The molecule has 278 valence electrons. The van der Waals surface area contributed by atoms with Crippen LogP contribution in [0.2, 0.25) is 0 Å². The van der Waals surface area contributed by atoms with Crippen LogP contribution in [0.15, 0.2) is 36.4 Å². The van der Waals surface area contributed by atoms with Crippen molar-refractivity contribution in [2.45, 2.75) is 99.3 Å². The molecule has 2 saturated carbocycles. The molecule has 10 heteroatoms. The van der Waals surface area contributed by atoms with Crippen LogP contribution < -0.4 is 9.47 Å². The van der Waals surface area contributed by atoms with Crippen molar-refractivity contribution in [3.63, 3.8) is 0 Å². The number of piperidine rings is 2. The number of aliphatic hydroxyl groups excluding tert-OH is 2. The predicted molar refractivity (Wildman–Crippen MR) is 190 cm³/mol. The first-order valence-corrected chi connectivity index (χ1v) is 20.0. The van der Waals surface area contributed by atoms with Crippen LogP contribution in [-0.2, 0) is 42.7 Å². The number of carbonyl (C=O) groups is 2. The fraction of sp³-hybridized carbons (Fsp3) is 0.667. The fourth-order valence-corrected chi connectivity index (χ4v) is 11.5. The molecule has 6 fully saturated rings.